The van der Waals surface area contributed by atoms with E-state index in [2.05, 4.69) is 0 Å². The van der Waals surface area contributed by atoms with Crippen molar-refractivity contribution in [3.63, 3.8) is 0 Å². The van der Waals surface area contributed by atoms with Crippen molar-refractivity contribution in [2.24, 2.45) is 0 Å². The highest BCUT2D eigenvalue weighted by molar-refractivity contribution is 6.35. The normalized spacial score (nSPS) is 10.7. The van der Waals surface area contributed by atoms with Gasteiger partial charge in [0.2, 0.25) is 11.2 Å². The van der Waals surface area contributed by atoms with Crippen molar-refractivity contribution in [3.8, 4) is 22.8 Å². The Balaban J connectivity index is 1.66. The molecule has 0 amide bonds. The monoisotopic (exact) mass is 440 g/mol. The second-order valence-corrected chi connectivity index (χ2v) is 7.13. The average molecular weight is 441 g/mol. The standard InChI is InChI=1S/C23H14Cl2O5/c24-15-10-11-19(17(25)12-15)28-13-20(26)30-23-21(27)16-8-4-5-9-18(16)29-22(23)14-6-2-1-3-7-14/h1-12H,13H2. The Morgan fingerprint density at radius 3 is 2.43 bits per heavy atom. The first-order valence-corrected chi connectivity index (χ1v) is 9.68. The van der Waals surface area contributed by atoms with Crippen LogP contribution in [0.5, 0.6) is 11.5 Å². The minimum atomic E-state index is -0.777. The van der Waals surface area contributed by atoms with Crippen LogP contribution in [0.25, 0.3) is 22.3 Å². The molecule has 0 bridgehead atoms. The Morgan fingerprint density at radius 1 is 0.933 bits per heavy atom. The number of carbonyl (C=O) groups is 1. The number of ether oxygens (including phenoxy) is 2. The van der Waals surface area contributed by atoms with Gasteiger partial charge in [0.05, 0.1) is 10.4 Å². The molecule has 7 heteroatoms. The summed E-state index contributed by atoms with van der Waals surface area (Å²) in [7, 11) is 0. The number of carbonyl (C=O) groups excluding carboxylic acids is 1. The summed E-state index contributed by atoms with van der Waals surface area (Å²) in [6, 6.07) is 20.3. The minimum absolute atomic E-state index is 0.164. The van der Waals surface area contributed by atoms with E-state index < -0.39 is 18.0 Å². The topological polar surface area (TPSA) is 65.7 Å². The number of rotatable bonds is 5. The number of esters is 1. The van der Waals surface area contributed by atoms with Crippen LogP contribution in [0.1, 0.15) is 0 Å². The van der Waals surface area contributed by atoms with E-state index in [1.807, 2.05) is 6.07 Å². The van der Waals surface area contributed by atoms with Crippen LogP contribution in [0, 0.1) is 0 Å². The molecule has 0 atom stereocenters. The first-order valence-electron chi connectivity index (χ1n) is 8.93. The lowest BCUT2D eigenvalue weighted by Gasteiger charge is -2.11. The first kappa shape index (κ1) is 20.0. The maximum atomic E-state index is 13.0. The lowest BCUT2D eigenvalue weighted by atomic mass is 10.1. The molecule has 0 unspecified atom stereocenters. The van der Waals surface area contributed by atoms with Crippen LogP contribution in [0.4, 0.5) is 0 Å². The van der Waals surface area contributed by atoms with Gasteiger partial charge in [0.1, 0.15) is 11.3 Å². The number of hydrogen-bond donors (Lipinski definition) is 0. The van der Waals surface area contributed by atoms with Gasteiger partial charge in [0.25, 0.3) is 0 Å². The first-order chi connectivity index (χ1) is 14.5. The number of fused-ring (bicyclic) bond motifs is 1. The molecular weight excluding hydrogens is 427 g/mol. The van der Waals surface area contributed by atoms with Crippen LogP contribution >= 0.6 is 23.2 Å². The second kappa shape index (κ2) is 8.61. The Hall–Kier alpha value is -3.28. The van der Waals surface area contributed by atoms with E-state index in [0.717, 1.165) is 0 Å². The molecule has 0 fully saturated rings. The van der Waals surface area contributed by atoms with Crippen LogP contribution in [0.3, 0.4) is 0 Å². The lowest BCUT2D eigenvalue weighted by molar-refractivity contribution is -0.136. The molecule has 1 aromatic heterocycles. The second-order valence-electron chi connectivity index (χ2n) is 6.29. The summed E-state index contributed by atoms with van der Waals surface area (Å²) in [6.45, 7) is -0.456. The Kier molecular flexibility index (Phi) is 5.74. The van der Waals surface area contributed by atoms with Gasteiger partial charge in [-0.2, -0.15) is 0 Å². The molecule has 4 aromatic rings. The van der Waals surface area contributed by atoms with E-state index in [1.54, 1.807) is 54.6 Å². The largest absolute Gasteiger partial charge is 0.480 e. The fraction of sp³-hybridized carbons (Fsp3) is 0.0435. The van der Waals surface area contributed by atoms with Gasteiger partial charge >= 0.3 is 5.97 Å². The number of para-hydroxylation sites is 1. The third-order valence-corrected chi connectivity index (χ3v) is 4.78. The maximum absolute atomic E-state index is 13.0. The van der Waals surface area contributed by atoms with E-state index in [-0.39, 0.29) is 22.3 Å². The molecule has 0 aliphatic heterocycles. The average Bonchev–Trinajstić information content (AvgIpc) is 2.75. The van der Waals surface area contributed by atoms with Crippen LogP contribution < -0.4 is 14.9 Å². The minimum Gasteiger partial charge on any atom is -0.480 e. The molecule has 5 nitrogen and oxygen atoms in total. The Bertz CT molecular complexity index is 1280. The van der Waals surface area contributed by atoms with E-state index in [9.17, 15) is 9.59 Å². The van der Waals surface area contributed by atoms with Crippen molar-refractivity contribution in [2.45, 2.75) is 0 Å². The van der Waals surface area contributed by atoms with Gasteiger partial charge in [-0.3, -0.25) is 4.79 Å². The summed E-state index contributed by atoms with van der Waals surface area (Å²) in [6.07, 6.45) is 0. The zero-order chi connectivity index (χ0) is 21.1. The van der Waals surface area contributed by atoms with Gasteiger partial charge in [0, 0.05) is 10.6 Å². The lowest BCUT2D eigenvalue weighted by Crippen LogP contribution is -2.21. The van der Waals surface area contributed by atoms with Crippen LogP contribution in [-0.2, 0) is 4.79 Å². The molecule has 30 heavy (non-hydrogen) atoms. The van der Waals surface area contributed by atoms with Gasteiger partial charge < -0.3 is 13.9 Å². The summed E-state index contributed by atoms with van der Waals surface area (Å²) in [5.41, 5.74) is 0.545. The fourth-order valence-corrected chi connectivity index (χ4v) is 3.33. The van der Waals surface area contributed by atoms with Gasteiger partial charge in [0.15, 0.2) is 12.4 Å². The van der Waals surface area contributed by atoms with Crippen LogP contribution in [0.15, 0.2) is 82.0 Å². The van der Waals surface area contributed by atoms with Crippen LogP contribution in [-0.4, -0.2) is 12.6 Å². The molecule has 0 radical (unpaired) electrons. The molecular formula is C23H14Cl2O5. The summed E-state index contributed by atoms with van der Waals surface area (Å²) in [5, 5.41) is 1.00. The number of hydrogen-bond acceptors (Lipinski definition) is 5. The predicted molar refractivity (Wildman–Crippen MR) is 116 cm³/mol. The van der Waals surface area contributed by atoms with Crippen molar-refractivity contribution in [1.29, 1.82) is 0 Å². The summed E-state index contributed by atoms with van der Waals surface area (Å²) >= 11 is 11.9. The Morgan fingerprint density at radius 2 is 1.67 bits per heavy atom. The van der Waals surface area contributed by atoms with Crippen molar-refractivity contribution in [2.75, 3.05) is 6.61 Å². The molecule has 0 aliphatic rings. The van der Waals surface area contributed by atoms with E-state index >= 15 is 0 Å². The molecule has 0 spiro atoms. The molecule has 0 aliphatic carbocycles. The summed E-state index contributed by atoms with van der Waals surface area (Å²) < 4.78 is 16.7. The zero-order valence-corrected chi connectivity index (χ0v) is 16.9. The summed E-state index contributed by atoms with van der Waals surface area (Å²) in [4.78, 5) is 25.4. The molecule has 0 N–H and O–H groups in total. The van der Waals surface area contributed by atoms with Gasteiger partial charge in [-0.1, -0.05) is 65.7 Å². The maximum Gasteiger partial charge on any atom is 0.349 e. The van der Waals surface area contributed by atoms with E-state index in [4.69, 9.17) is 37.1 Å². The van der Waals surface area contributed by atoms with E-state index in [0.29, 0.717) is 21.6 Å². The van der Waals surface area contributed by atoms with Crippen molar-refractivity contribution in [1.82, 2.24) is 0 Å². The molecule has 4 rings (SSSR count). The fourth-order valence-electron chi connectivity index (χ4n) is 2.87. The van der Waals surface area contributed by atoms with Gasteiger partial charge in [-0.25, -0.2) is 4.79 Å². The van der Waals surface area contributed by atoms with Crippen molar-refractivity contribution >= 4 is 40.1 Å². The SMILES string of the molecule is O=C(COc1ccc(Cl)cc1Cl)Oc1c(-c2ccccc2)oc2ccccc2c1=O. The van der Waals surface area contributed by atoms with Crippen molar-refractivity contribution < 1.29 is 18.7 Å². The smallest absolute Gasteiger partial charge is 0.349 e. The zero-order valence-electron chi connectivity index (χ0n) is 15.4. The molecule has 1 heterocycles. The van der Waals surface area contributed by atoms with Gasteiger partial charge in [-0.05, 0) is 30.3 Å². The number of benzene rings is 3. The highest BCUT2D eigenvalue weighted by atomic mass is 35.5. The van der Waals surface area contributed by atoms with Crippen LogP contribution in [0.2, 0.25) is 10.0 Å². The Labute approximate surface area is 181 Å². The molecule has 0 saturated heterocycles. The van der Waals surface area contributed by atoms with Crippen molar-refractivity contribution in [3.05, 3.63) is 93.1 Å². The van der Waals surface area contributed by atoms with Gasteiger partial charge in [-0.15, -0.1) is 0 Å². The van der Waals surface area contributed by atoms with E-state index in [1.165, 1.54) is 12.1 Å². The molecule has 150 valence electrons. The highest BCUT2D eigenvalue weighted by Crippen LogP contribution is 2.31. The number of halogens is 2. The molecule has 0 saturated carbocycles. The summed E-state index contributed by atoms with van der Waals surface area (Å²) in [5.74, 6) is -0.541. The predicted octanol–water partition coefficient (Wildman–Crippen LogP) is 5.75. The highest BCUT2D eigenvalue weighted by Gasteiger charge is 2.20. The third kappa shape index (κ3) is 4.17. The molecule has 3 aromatic carbocycles. The quantitative estimate of drug-likeness (QED) is 0.369. The third-order valence-electron chi connectivity index (χ3n) is 4.25.